The van der Waals surface area contributed by atoms with Crippen molar-refractivity contribution in [1.29, 1.82) is 0 Å². The van der Waals surface area contributed by atoms with Crippen molar-refractivity contribution in [3.8, 4) is 0 Å². The third-order valence-corrected chi connectivity index (χ3v) is 1.43. The van der Waals surface area contributed by atoms with E-state index >= 15 is 0 Å². The second kappa shape index (κ2) is 6.28. The number of carboxylic acid groups (broad SMARTS) is 1. The maximum atomic E-state index is 11.6. The first-order valence-corrected chi connectivity index (χ1v) is 4.16. The molecule has 0 heterocycles. The van der Waals surface area contributed by atoms with E-state index in [0.29, 0.717) is 0 Å². The first-order chi connectivity index (χ1) is 7.26. The molecule has 0 aromatic carbocycles. The summed E-state index contributed by atoms with van der Waals surface area (Å²) >= 11 is 0. The number of hydrogen-bond acceptors (Lipinski definition) is 4. The van der Waals surface area contributed by atoms with Crippen molar-refractivity contribution in [2.24, 2.45) is 0 Å². The van der Waals surface area contributed by atoms with Gasteiger partial charge in [-0.05, 0) is 0 Å². The number of amides is 1. The Bertz CT molecular complexity index is 257. The van der Waals surface area contributed by atoms with E-state index in [2.05, 4.69) is 0 Å². The van der Waals surface area contributed by atoms with Gasteiger partial charge < -0.3 is 20.8 Å². The number of aliphatic hydroxyl groups excluding tert-OH is 1. The zero-order valence-electron chi connectivity index (χ0n) is 8.04. The molecule has 4 N–H and O–H groups in total. The number of hydrogen-bond donors (Lipinski definition) is 4. The molecule has 0 radical (unpaired) electrons. The molecule has 0 saturated heterocycles. The van der Waals surface area contributed by atoms with Gasteiger partial charge in [0.1, 0.15) is 6.04 Å². The molecule has 0 saturated carbocycles. The number of carbonyl (C=O) groups excluding carboxylic acids is 1. The second-order valence-corrected chi connectivity index (χ2v) is 2.86. The highest BCUT2D eigenvalue weighted by Crippen LogP contribution is 2.11. The van der Waals surface area contributed by atoms with Crippen LogP contribution >= 0.6 is 0 Å². The maximum absolute atomic E-state index is 11.6. The number of alkyl halides is 3. The van der Waals surface area contributed by atoms with E-state index in [1.807, 2.05) is 5.32 Å². The van der Waals surface area contributed by atoms with Gasteiger partial charge in [-0.15, -0.1) is 0 Å². The van der Waals surface area contributed by atoms with Gasteiger partial charge in [0.25, 0.3) is 0 Å². The SMILES string of the molecule is O=C(CNCC(F)(F)F)N[C@H](CO)C(=O)O. The third-order valence-electron chi connectivity index (χ3n) is 1.43. The molecule has 1 amide bonds. The first kappa shape index (κ1) is 14.6. The Kier molecular flexibility index (Phi) is 5.75. The van der Waals surface area contributed by atoms with E-state index in [1.54, 1.807) is 5.32 Å². The van der Waals surface area contributed by atoms with Gasteiger partial charge in [-0.3, -0.25) is 4.79 Å². The molecule has 1 atom stereocenters. The molecule has 94 valence electrons. The van der Waals surface area contributed by atoms with Crippen LogP contribution in [0.5, 0.6) is 0 Å². The summed E-state index contributed by atoms with van der Waals surface area (Å²) < 4.78 is 34.9. The van der Waals surface area contributed by atoms with Gasteiger partial charge in [0.2, 0.25) is 5.91 Å². The quantitative estimate of drug-likeness (QED) is 0.465. The third kappa shape index (κ3) is 7.01. The molecule has 0 unspecified atom stereocenters. The van der Waals surface area contributed by atoms with E-state index < -0.39 is 43.8 Å². The predicted octanol–water partition coefficient (Wildman–Crippen LogP) is -1.30. The van der Waals surface area contributed by atoms with E-state index in [4.69, 9.17) is 10.2 Å². The fourth-order valence-electron chi connectivity index (χ4n) is 0.749. The zero-order valence-corrected chi connectivity index (χ0v) is 8.04. The standard InChI is InChI=1S/C7H11F3N2O4/c8-7(9,10)3-11-1-5(14)12-4(2-13)6(15)16/h4,11,13H,1-3H2,(H,12,14)(H,15,16)/t4-/m1/s1. The Morgan fingerprint density at radius 3 is 2.25 bits per heavy atom. The molecule has 0 aliphatic heterocycles. The fraction of sp³-hybridized carbons (Fsp3) is 0.714. The number of carbonyl (C=O) groups is 2. The van der Waals surface area contributed by atoms with E-state index in [1.165, 1.54) is 0 Å². The van der Waals surface area contributed by atoms with Crippen molar-refractivity contribution in [2.45, 2.75) is 12.2 Å². The Morgan fingerprint density at radius 2 is 1.88 bits per heavy atom. The van der Waals surface area contributed by atoms with E-state index in [9.17, 15) is 22.8 Å². The summed E-state index contributed by atoms with van der Waals surface area (Å²) in [5.74, 6) is -2.41. The van der Waals surface area contributed by atoms with Crippen LogP contribution in [0.2, 0.25) is 0 Å². The lowest BCUT2D eigenvalue weighted by Gasteiger charge is -2.12. The van der Waals surface area contributed by atoms with Gasteiger partial charge in [-0.25, -0.2) is 4.79 Å². The summed E-state index contributed by atoms with van der Waals surface area (Å²) in [6, 6.07) is -1.51. The first-order valence-electron chi connectivity index (χ1n) is 4.16. The van der Waals surface area contributed by atoms with Crippen LogP contribution < -0.4 is 10.6 Å². The van der Waals surface area contributed by atoms with Crippen molar-refractivity contribution >= 4 is 11.9 Å². The van der Waals surface area contributed by atoms with Gasteiger partial charge in [-0.1, -0.05) is 0 Å². The van der Waals surface area contributed by atoms with Crippen LogP contribution in [0.25, 0.3) is 0 Å². The van der Waals surface area contributed by atoms with Gasteiger partial charge in [0, 0.05) is 0 Å². The van der Waals surface area contributed by atoms with Gasteiger partial charge in [0.05, 0.1) is 19.7 Å². The van der Waals surface area contributed by atoms with Crippen molar-refractivity contribution in [1.82, 2.24) is 10.6 Å². The lowest BCUT2D eigenvalue weighted by molar-refractivity contribution is -0.143. The summed E-state index contributed by atoms with van der Waals surface area (Å²) in [5.41, 5.74) is 0. The van der Waals surface area contributed by atoms with Crippen LogP contribution in [0.3, 0.4) is 0 Å². The molecule has 0 fully saturated rings. The molecule has 0 aromatic heterocycles. The highest BCUT2D eigenvalue weighted by Gasteiger charge is 2.27. The van der Waals surface area contributed by atoms with Crippen molar-refractivity contribution in [3.63, 3.8) is 0 Å². The zero-order chi connectivity index (χ0) is 12.8. The molecule has 16 heavy (non-hydrogen) atoms. The van der Waals surface area contributed by atoms with Gasteiger partial charge >= 0.3 is 12.1 Å². The number of rotatable bonds is 6. The van der Waals surface area contributed by atoms with Crippen LogP contribution in [-0.2, 0) is 9.59 Å². The molecule has 0 aromatic rings. The van der Waals surface area contributed by atoms with Crippen molar-refractivity contribution < 1.29 is 33.0 Å². The van der Waals surface area contributed by atoms with Crippen molar-refractivity contribution in [2.75, 3.05) is 19.7 Å². The number of nitrogens with one attached hydrogen (secondary N) is 2. The molecular formula is C7H11F3N2O4. The lowest BCUT2D eigenvalue weighted by atomic mass is 10.3. The highest BCUT2D eigenvalue weighted by molar-refractivity contribution is 5.84. The fourth-order valence-corrected chi connectivity index (χ4v) is 0.749. The normalized spacial score (nSPS) is 13.2. The van der Waals surface area contributed by atoms with Crippen LogP contribution in [0.1, 0.15) is 0 Å². The van der Waals surface area contributed by atoms with Gasteiger partial charge in [0.15, 0.2) is 0 Å². The minimum absolute atomic E-state index is 0.677. The van der Waals surface area contributed by atoms with E-state index in [0.717, 1.165) is 0 Å². The van der Waals surface area contributed by atoms with Gasteiger partial charge in [-0.2, -0.15) is 13.2 Å². The maximum Gasteiger partial charge on any atom is 0.401 e. The number of carboxylic acids is 1. The van der Waals surface area contributed by atoms with Crippen LogP contribution in [0.15, 0.2) is 0 Å². The lowest BCUT2D eigenvalue weighted by Crippen LogP contribution is -2.47. The molecular weight excluding hydrogens is 233 g/mol. The minimum atomic E-state index is -4.44. The summed E-state index contributed by atoms with van der Waals surface area (Å²) in [7, 11) is 0. The summed E-state index contributed by atoms with van der Waals surface area (Å²) in [6.45, 7) is -2.86. The highest BCUT2D eigenvalue weighted by atomic mass is 19.4. The van der Waals surface area contributed by atoms with E-state index in [-0.39, 0.29) is 0 Å². The smallest absolute Gasteiger partial charge is 0.401 e. The number of halogens is 3. The molecule has 0 aliphatic rings. The average Bonchev–Trinajstić information content (AvgIpc) is 2.11. The largest absolute Gasteiger partial charge is 0.480 e. The molecule has 0 spiro atoms. The topological polar surface area (TPSA) is 98.7 Å². The monoisotopic (exact) mass is 244 g/mol. The number of aliphatic carboxylic acids is 1. The molecule has 9 heteroatoms. The molecule has 0 bridgehead atoms. The Balaban J connectivity index is 3.86. The van der Waals surface area contributed by atoms with Crippen LogP contribution in [0, 0.1) is 0 Å². The summed E-state index contributed by atoms with van der Waals surface area (Å²) in [5, 5.41) is 20.5. The van der Waals surface area contributed by atoms with Crippen LogP contribution in [-0.4, -0.2) is 54.0 Å². The average molecular weight is 244 g/mol. The Hall–Kier alpha value is -1.35. The molecule has 0 rings (SSSR count). The summed E-state index contributed by atoms with van der Waals surface area (Å²) in [4.78, 5) is 21.2. The Labute approximate surface area is 88.4 Å². The molecule has 0 aliphatic carbocycles. The minimum Gasteiger partial charge on any atom is -0.480 e. The molecule has 6 nitrogen and oxygen atoms in total. The van der Waals surface area contributed by atoms with Crippen LogP contribution in [0.4, 0.5) is 13.2 Å². The summed E-state index contributed by atoms with van der Waals surface area (Å²) in [6.07, 6.45) is -4.44. The van der Waals surface area contributed by atoms with Crippen molar-refractivity contribution in [3.05, 3.63) is 0 Å². The predicted molar refractivity (Wildman–Crippen MR) is 45.6 cm³/mol. The Morgan fingerprint density at radius 1 is 1.31 bits per heavy atom. The number of aliphatic hydroxyl groups is 1. The second-order valence-electron chi connectivity index (χ2n) is 2.86.